The van der Waals surface area contributed by atoms with Crippen molar-refractivity contribution < 1.29 is 9.53 Å². The number of hydrogen-bond donors (Lipinski definition) is 1. The number of benzene rings is 1. The van der Waals surface area contributed by atoms with E-state index in [0.717, 1.165) is 29.1 Å². The molecule has 1 atom stereocenters. The Bertz CT molecular complexity index is 695. The molecule has 24 heavy (non-hydrogen) atoms. The number of nitrogens with one attached hydrogen (secondary N) is 1. The van der Waals surface area contributed by atoms with Crippen LogP contribution in [0.3, 0.4) is 0 Å². The molecule has 2 rings (SSSR count). The van der Waals surface area contributed by atoms with Crippen LogP contribution in [0.5, 0.6) is 5.75 Å². The Hall–Kier alpha value is -2.01. The predicted octanol–water partition coefficient (Wildman–Crippen LogP) is 3.63. The Kier molecular flexibility index (Phi) is 6.26. The third-order valence-electron chi connectivity index (χ3n) is 4.14. The van der Waals surface area contributed by atoms with Crippen LogP contribution in [0, 0.1) is 13.8 Å². The van der Waals surface area contributed by atoms with Gasteiger partial charge in [-0.15, -0.1) is 11.6 Å². The molecule has 5 nitrogen and oxygen atoms in total. The van der Waals surface area contributed by atoms with Crippen molar-refractivity contribution in [3.63, 3.8) is 0 Å². The van der Waals surface area contributed by atoms with Gasteiger partial charge in [-0.05, 0) is 38.0 Å². The zero-order valence-corrected chi connectivity index (χ0v) is 15.4. The lowest BCUT2D eigenvalue weighted by Crippen LogP contribution is -2.29. The Balaban J connectivity index is 2.20. The number of carbonyl (C=O) groups is 1. The van der Waals surface area contributed by atoms with Crippen LogP contribution >= 0.6 is 11.6 Å². The number of aryl methyl sites for hydroxylation is 2. The first kappa shape index (κ1) is 18.3. The number of ether oxygens (including phenoxy) is 1. The van der Waals surface area contributed by atoms with Crippen LogP contribution in [0.4, 0.5) is 0 Å². The molecule has 0 fully saturated rings. The van der Waals surface area contributed by atoms with Crippen LogP contribution in [0.15, 0.2) is 24.3 Å². The first-order valence-electron chi connectivity index (χ1n) is 8.06. The van der Waals surface area contributed by atoms with Gasteiger partial charge in [0.2, 0.25) is 0 Å². The molecule has 0 aliphatic heterocycles. The maximum Gasteiger partial charge on any atom is 0.255 e. The molecule has 0 saturated carbocycles. The minimum Gasteiger partial charge on any atom is -0.497 e. The smallest absolute Gasteiger partial charge is 0.255 e. The van der Waals surface area contributed by atoms with E-state index in [-0.39, 0.29) is 11.9 Å². The van der Waals surface area contributed by atoms with Crippen LogP contribution in [0.1, 0.15) is 46.7 Å². The fraction of sp³-hybridized carbons (Fsp3) is 0.444. The molecule has 0 aliphatic carbocycles. The first-order valence-corrected chi connectivity index (χ1v) is 8.60. The number of methoxy groups -OCH3 is 1. The third-order valence-corrected chi connectivity index (χ3v) is 4.31. The zero-order chi connectivity index (χ0) is 17.7. The van der Waals surface area contributed by atoms with Crippen molar-refractivity contribution in [2.24, 2.45) is 0 Å². The SMILES string of the molecule is CC[C@H](NC(=O)c1c(C)nn(CCCl)c1C)c1ccc(OC)cc1. The summed E-state index contributed by atoms with van der Waals surface area (Å²) in [5.41, 5.74) is 3.25. The maximum atomic E-state index is 12.7. The Labute approximate surface area is 148 Å². The Morgan fingerprint density at radius 1 is 1.33 bits per heavy atom. The summed E-state index contributed by atoms with van der Waals surface area (Å²) in [6, 6.07) is 7.70. The summed E-state index contributed by atoms with van der Waals surface area (Å²) in [5.74, 6) is 1.16. The molecule has 0 bridgehead atoms. The minimum absolute atomic E-state index is 0.0569. The summed E-state index contributed by atoms with van der Waals surface area (Å²) in [5, 5.41) is 7.51. The average Bonchev–Trinajstić information content (AvgIpc) is 2.87. The molecule has 0 spiro atoms. The first-order chi connectivity index (χ1) is 11.5. The van der Waals surface area contributed by atoms with Crippen LogP contribution in [-0.4, -0.2) is 28.7 Å². The number of halogens is 1. The number of hydrogen-bond acceptors (Lipinski definition) is 3. The van der Waals surface area contributed by atoms with Crippen molar-refractivity contribution in [2.45, 2.75) is 39.8 Å². The molecule has 1 aromatic carbocycles. The number of nitrogens with zero attached hydrogens (tertiary/aromatic N) is 2. The lowest BCUT2D eigenvalue weighted by atomic mass is 10.0. The van der Waals surface area contributed by atoms with Crippen LogP contribution in [0.25, 0.3) is 0 Å². The van der Waals surface area contributed by atoms with Gasteiger partial charge >= 0.3 is 0 Å². The summed E-state index contributed by atoms with van der Waals surface area (Å²) in [7, 11) is 1.64. The second-order valence-corrected chi connectivity index (χ2v) is 6.04. The van der Waals surface area contributed by atoms with E-state index < -0.39 is 0 Å². The lowest BCUT2D eigenvalue weighted by Gasteiger charge is -2.18. The number of aromatic nitrogens is 2. The average molecular weight is 350 g/mol. The van der Waals surface area contributed by atoms with E-state index in [9.17, 15) is 4.79 Å². The quantitative estimate of drug-likeness (QED) is 0.776. The monoisotopic (exact) mass is 349 g/mol. The largest absolute Gasteiger partial charge is 0.497 e. The molecule has 1 N–H and O–H groups in total. The molecule has 1 amide bonds. The molecule has 130 valence electrons. The molecule has 0 saturated heterocycles. The molecule has 1 heterocycles. The van der Waals surface area contributed by atoms with Crippen molar-refractivity contribution in [1.29, 1.82) is 0 Å². The highest BCUT2D eigenvalue weighted by Gasteiger charge is 2.21. The summed E-state index contributed by atoms with van der Waals surface area (Å²) in [6.07, 6.45) is 0.798. The van der Waals surface area contributed by atoms with Crippen molar-refractivity contribution in [3.05, 3.63) is 46.8 Å². The van der Waals surface area contributed by atoms with Gasteiger partial charge in [0, 0.05) is 11.6 Å². The standard InChI is InChI=1S/C18H24ClN3O2/c1-5-16(14-6-8-15(24-4)9-7-14)20-18(23)17-12(2)21-22(11-10-19)13(17)3/h6-9,16H,5,10-11H2,1-4H3,(H,20,23)/t16-/m0/s1. The van der Waals surface area contributed by atoms with E-state index in [1.54, 1.807) is 11.8 Å². The molecular formula is C18H24ClN3O2. The summed E-state index contributed by atoms with van der Waals surface area (Å²) >= 11 is 5.79. The van der Waals surface area contributed by atoms with Gasteiger partial charge < -0.3 is 10.1 Å². The second-order valence-electron chi connectivity index (χ2n) is 5.67. The van der Waals surface area contributed by atoms with E-state index in [0.29, 0.717) is 18.0 Å². The van der Waals surface area contributed by atoms with Gasteiger partial charge in [-0.25, -0.2) is 0 Å². The zero-order valence-electron chi connectivity index (χ0n) is 14.6. The number of carbonyl (C=O) groups excluding carboxylic acids is 1. The van der Waals surface area contributed by atoms with Crippen LogP contribution in [-0.2, 0) is 6.54 Å². The van der Waals surface area contributed by atoms with Gasteiger partial charge in [0.25, 0.3) is 5.91 Å². The van der Waals surface area contributed by atoms with E-state index in [1.807, 2.05) is 45.0 Å². The number of alkyl halides is 1. The molecule has 6 heteroatoms. The highest BCUT2D eigenvalue weighted by molar-refractivity contribution is 6.17. The topological polar surface area (TPSA) is 56.2 Å². The highest BCUT2D eigenvalue weighted by Crippen LogP contribution is 2.22. The number of amides is 1. The fourth-order valence-electron chi connectivity index (χ4n) is 2.81. The molecule has 0 radical (unpaired) electrons. The van der Waals surface area contributed by atoms with E-state index in [1.165, 1.54) is 0 Å². The fourth-order valence-corrected chi connectivity index (χ4v) is 2.97. The Morgan fingerprint density at radius 3 is 2.54 bits per heavy atom. The van der Waals surface area contributed by atoms with Gasteiger partial charge in [-0.3, -0.25) is 9.48 Å². The van der Waals surface area contributed by atoms with Crippen LogP contribution < -0.4 is 10.1 Å². The molecule has 0 aliphatic rings. The van der Waals surface area contributed by atoms with Crippen molar-refractivity contribution in [3.8, 4) is 5.75 Å². The van der Waals surface area contributed by atoms with Crippen molar-refractivity contribution in [1.82, 2.24) is 15.1 Å². The molecule has 0 unspecified atom stereocenters. The normalized spacial score (nSPS) is 12.0. The van der Waals surface area contributed by atoms with E-state index >= 15 is 0 Å². The maximum absolute atomic E-state index is 12.7. The van der Waals surface area contributed by atoms with Gasteiger partial charge in [0.1, 0.15) is 5.75 Å². The van der Waals surface area contributed by atoms with Gasteiger partial charge in [-0.2, -0.15) is 5.10 Å². The van der Waals surface area contributed by atoms with Crippen molar-refractivity contribution >= 4 is 17.5 Å². The van der Waals surface area contributed by atoms with Gasteiger partial charge in [0.05, 0.1) is 31.0 Å². The summed E-state index contributed by atoms with van der Waals surface area (Å²) in [4.78, 5) is 12.7. The van der Waals surface area contributed by atoms with Crippen LogP contribution in [0.2, 0.25) is 0 Å². The Morgan fingerprint density at radius 2 is 2.00 bits per heavy atom. The highest BCUT2D eigenvalue weighted by atomic mass is 35.5. The van der Waals surface area contributed by atoms with Gasteiger partial charge in [0.15, 0.2) is 0 Å². The van der Waals surface area contributed by atoms with Gasteiger partial charge in [-0.1, -0.05) is 19.1 Å². The predicted molar refractivity (Wildman–Crippen MR) is 95.9 cm³/mol. The van der Waals surface area contributed by atoms with E-state index in [4.69, 9.17) is 16.3 Å². The molecular weight excluding hydrogens is 326 g/mol. The lowest BCUT2D eigenvalue weighted by molar-refractivity contribution is 0.0934. The number of rotatable bonds is 7. The second kappa shape index (κ2) is 8.20. The summed E-state index contributed by atoms with van der Waals surface area (Å²) in [6.45, 7) is 6.39. The molecule has 1 aromatic heterocycles. The van der Waals surface area contributed by atoms with Crippen molar-refractivity contribution in [2.75, 3.05) is 13.0 Å². The minimum atomic E-state index is -0.103. The summed E-state index contributed by atoms with van der Waals surface area (Å²) < 4.78 is 6.96. The van der Waals surface area contributed by atoms with E-state index in [2.05, 4.69) is 10.4 Å². The third kappa shape index (κ3) is 3.90. The molecule has 2 aromatic rings.